The Balaban J connectivity index is 1.91. The van der Waals surface area contributed by atoms with Crippen LogP contribution < -0.4 is 0 Å². The van der Waals surface area contributed by atoms with Crippen molar-refractivity contribution in [3.63, 3.8) is 0 Å². The number of nitrogens with zero attached hydrogens (tertiary/aromatic N) is 2. The zero-order chi connectivity index (χ0) is 12.4. The van der Waals surface area contributed by atoms with Gasteiger partial charge in [-0.3, -0.25) is 9.69 Å². The first-order valence-corrected chi connectivity index (χ1v) is 6.61. The van der Waals surface area contributed by atoms with Gasteiger partial charge in [0.15, 0.2) is 0 Å². The Labute approximate surface area is 104 Å². The number of ether oxygens (including phenoxy) is 1. The van der Waals surface area contributed by atoms with Crippen molar-refractivity contribution in [2.24, 2.45) is 5.92 Å². The van der Waals surface area contributed by atoms with E-state index in [0.29, 0.717) is 12.0 Å². The van der Waals surface area contributed by atoms with Crippen molar-refractivity contribution in [3.8, 4) is 0 Å². The molecule has 4 nitrogen and oxygen atoms in total. The summed E-state index contributed by atoms with van der Waals surface area (Å²) in [5.41, 5.74) is 0. The largest absolute Gasteiger partial charge is 0.468 e. The van der Waals surface area contributed by atoms with Crippen LogP contribution in [0.3, 0.4) is 0 Å². The van der Waals surface area contributed by atoms with E-state index >= 15 is 0 Å². The molecule has 1 aliphatic heterocycles. The van der Waals surface area contributed by atoms with Crippen molar-refractivity contribution in [1.29, 1.82) is 0 Å². The van der Waals surface area contributed by atoms with Gasteiger partial charge in [-0.25, -0.2) is 0 Å². The predicted octanol–water partition coefficient (Wildman–Crippen LogP) is 0.964. The lowest BCUT2D eigenvalue weighted by Crippen LogP contribution is -2.46. The SMILES string of the molecule is COC(=O)C(C1CC1)N(C)CC1CCCN1C. The van der Waals surface area contributed by atoms with E-state index < -0.39 is 0 Å². The van der Waals surface area contributed by atoms with E-state index in [1.165, 1.54) is 39.3 Å². The molecule has 17 heavy (non-hydrogen) atoms. The Hall–Kier alpha value is -0.610. The molecule has 1 saturated carbocycles. The fourth-order valence-electron chi connectivity index (χ4n) is 2.92. The molecule has 2 atom stereocenters. The Kier molecular flexibility index (Phi) is 4.05. The maximum atomic E-state index is 11.8. The Bertz CT molecular complexity index is 279. The Morgan fingerprint density at radius 3 is 2.65 bits per heavy atom. The average Bonchev–Trinajstić information content (AvgIpc) is 3.05. The molecule has 2 fully saturated rings. The van der Waals surface area contributed by atoms with Crippen molar-refractivity contribution < 1.29 is 9.53 Å². The summed E-state index contributed by atoms with van der Waals surface area (Å²) in [5, 5.41) is 0. The van der Waals surface area contributed by atoms with Crippen molar-refractivity contribution in [2.45, 2.75) is 37.8 Å². The number of likely N-dealkylation sites (N-methyl/N-ethyl adjacent to an activating group) is 2. The highest BCUT2D eigenvalue weighted by molar-refractivity contribution is 5.76. The summed E-state index contributed by atoms with van der Waals surface area (Å²) in [6.07, 6.45) is 4.87. The lowest BCUT2D eigenvalue weighted by molar-refractivity contribution is -0.147. The minimum Gasteiger partial charge on any atom is -0.468 e. The number of esters is 1. The molecule has 0 radical (unpaired) electrons. The van der Waals surface area contributed by atoms with E-state index in [1.54, 1.807) is 0 Å². The third-order valence-corrected chi connectivity index (χ3v) is 4.16. The van der Waals surface area contributed by atoms with Crippen molar-refractivity contribution >= 4 is 5.97 Å². The van der Waals surface area contributed by atoms with Crippen LogP contribution in [-0.4, -0.2) is 62.1 Å². The lowest BCUT2D eigenvalue weighted by atomic mass is 10.1. The maximum Gasteiger partial charge on any atom is 0.323 e. The molecule has 1 saturated heterocycles. The number of methoxy groups -OCH3 is 1. The van der Waals surface area contributed by atoms with Crippen LogP contribution in [0.25, 0.3) is 0 Å². The van der Waals surface area contributed by atoms with Gasteiger partial charge in [0.2, 0.25) is 0 Å². The van der Waals surface area contributed by atoms with Crippen molar-refractivity contribution in [2.75, 3.05) is 34.3 Å². The van der Waals surface area contributed by atoms with E-state index in [0.717, 1.165) is 6.54 Å². The molecular formula is C13H24N2O2. The van der Waals surface area contributed by atoms with Crippen molar-refractivity contribution in [1.82, 2.24) is 9.80 Å². The van der Waals surface area contributed by atoms with Gasteiger partial charge in [0.05, 0.1) is 7.11 Å². The van der Waals surface area contributed by atoms with E-state index in [4.69, 9.17) is 4.74 Å². The zero-order valence-electron chi connectivity index (χ0n) is 11.2. The average molecular weight is 240 g/mol. The summed E-state index contributed by atoms with van der Waals surface area (Å²) in [6.45, 7) is 2.16. The second-order valence-corrected chi connectivity index (χ2v) is 5.52. The smallest absolute Gasteiger partial charge is 0.323 e. The standard InChI is InChI=1S/C13H24N2O2/c1-14-8-4-5-11(14)9-15(2)12(10-6-7-10)13(16)17-3/h10-12H,4-9H2,1-3H3. The molecule has 0 aromatic heterocycles. The summed E-state index contributed by atoms with van der Waals surface area (Å²) in [6, 6.07) is 0.583. The van der Waals surface area contributed by atoms with Crippen LogP contribution in [0.5, 0.6) is 0 Å². The summed E-state index contributed by atoms with van der Waals surface area (Å²) < 4.78 is 4.93. The number of carbonyl (C=O) groups excluding carboxylic acids is 1. The topological polar surface area (TPSA) is 32.8 Å². The molecule has 0 aromatic rings. The number of likely N-dealkylation sites (tertiary alicyclic amines) is 1. The molecule has 1 aliphatic carbocycles. The number of hydrogen-bond acceptors (Lipinski definition) is 4. The fraction of sp³-hybridized carbons (Fsp3) is 0.923. The second-order valence-electron chi connectivity index (χ2n) is 5.52. The highest BCUT2D eigenvalue weighted by atomic mass is 16.5. The summed E-state index contributed by atoms with van der Waals surface area (Å²) in [7, 11) is 5.73. The van der Waals surface area contributed by atoms with Gasteiger partial charge in [-0.1, -0.05) is 0 Å². The van der Waals surface area contributed by atoms with Crippen LogP contribution in [0.2, 0.25) is 0 Å². The monoisotopic (exact) mass is 240 g/mol. The fourth-order valence-corrected chi connectivity index (χ4v) is 2.92. The van der Waals surface area contributed by atoms with Gasteiger partial charge < -0.3 is 9.64 Å². The summed E-state index contributed by atoms with van der Waals surface area (Å²) in [4.78, 5) is 16.4. The molecule has 4 heteroatoms. The molecule has 2 aliphatic rings. The molecule has 0 N–H and O–H groups in total. The van der Waals surface area contributed by atoms with Gasteiger partial charge in [-0.15, -0.1) is 0 Å². The molecule has 2 unspecified atom stereocenters. The van der Waals surface area contributed by atoms with Crippen LogP contribution in [0.4, 0.5) is 0 Å². The molecule has 0 spiro atoms. The first-order chi connectivity index (χ1) is 8.13. The highest BCUT2D eigenvalue weighted by Crippen LogP contribution is 2.36. The van der Waals surface area contributed by atoms with Gasteiger partial charge in [0, 0.05) is 12.6 Å². The number of rotatable bonds is 5. The van der Waals surface area contributed by atoms with Crippen molar-refractivity contribution in [3.05, 3.63) is 0 Å². The molecule has 0 amide bonds. The first kappa shape index (κ1) is 12.8. The van der Waals surface area contributed by atoms with Crippen LogP contribution in [0, 0.1) is 5.92 Å². The number of hydrogen-bond donors (Lipinski definition) is 0. The zero-order valence-corrected chi connectivity index (χ0v) is 11.2. The predicted molar refractivity (Wildman–Crippen MR) is 66.8 cm³/mol. The summed E-state index contributed by atoms with van der Waals surface area (Å²) >= 11 is 0. The van der Waals surface area contributed by atoms with Crippen LogP contribution in [0.1, 0.15) is 25.7 Å². The minimum absolute atomic E-state index is 0.0194. The highest BCUT2D eigenvalue weighted by Gasteiger charge is 2.40. The van der Waals surface area contributed by atoms with E-state index in [2.05, 4.69) is 23.9 Å². The molecule has 2 rings (SSSR count). The van der Waals surface area contributed by atoms with Gasteiger partial charge in [-0.2, -0.15) is 0 Å². The van der Waals surface area contributed by atoms with E-state index in [9.17, 15) is 4.79 Å². The third kappa shape index (κ3) is 2.99. The second kappa shape index (κ2) is 5.36. The maximum absolute atomic E-state index is 11.8. The quantitative estimate of drug-likeness (QED) is 0.670. The summed E-state index contributed by atoms with van der Waals surface area (Å²) in [5.74, 6) is 0.467. The van der Waals surface area contributed by atoms with Gasteiger partial charge >= 0.3 is 5.97 Å². The first-order valence-electron chi connectivity index (χ1n) is 6.61. The van der Waals surface area contributed by atoms with Gasteiger partial charge in [0.25, 0.3) is 0 Å². The van der Waals surface area contributed by atoms with E-state index in [1.807, 2.05) is 0 Å². The Morgan fingerprint density at radius 2 is 2.18 bits per heavy atom. The molecule has 1 heterocycles. The van der Waals surface area contributed by atoms with Crippen LogP contribution in [0.15, 0.2) is 0 Å². The van der Waals surface area contributed by atoms with Crippen LogP contribution >= 0.6 is 0 Å². The Morgan fingerprint density at radius 1 is 1.47 bits per heavy atom. The third-order valence-electron chi connectivity index (χ3n) is 4.16. The lowest BCUT2D eigenvalue weighted by Gasteiger charge is -2.30. The molecule has 0 bridgehead atoms. The molecule has 0 aromatic carbocycles. The van der Waals surface area contributed by atoms with E-state index in [-0.39, 0.29) is 12.0 Å². The van der Waals surface area contributed by atoms with Gasteiger partial charge in [-0.05, 0) is 52.2 Å². The molecule has 98 valence electrons. The minimum atomic E-state index is -0.0596. The normalized spacial score (nSPS) is 27.4. The number of carbonyl (C=O) groups is 1. The van der Waals surface area contributed by atoms with Gasteiger partial charge in [0.1, 0.15) is 6.04 Å². The molecular weight excluding hydrogens is 216 g/mol. The van der Waals surface area contributed by atoms with Crippen LogP contribution in [-0.2, 0) is 9.53 Å².